The average Bonchev–Trinajstić information content (AvgIpc) is 3.28. The Labute approximate surface area is 362 Å². The zero-order chi connectivity index (χ0) is 45.7. The highest BCUT2D eigenvalue weighted by Gasteiger charge is 2.07. The minimum absolute atomic E-state index is 0.0703. The van der Waals surface area contributed by atoms with Crippen LogP contribution in [-0.4, -0.2) is 83.9 Å². The Morgan fingerprint density at radius 2 is 0.667 bits per heavy atom. The summed E-state index contributed by atoms with van der Waals surface area (Å²) < 4.78 is 19.9. The molecular weight excluding hydrogens is 811 g/mol. The minimum Gasteiger partial charge on any atom is -0.497 e. The van der Waals surface area contributed by atoms with Crippen molar-refractivity contribution >= 4 is 17.9 Å². The van der Waals surface area contributed by atoms with Crippen LogP contribution in [0.4, 0.5) is 0 Å². The molecule has 6 N–H and O–H groups in total. The van der Waals surface area contributed by atoms with E-state index in [1.54, 1.807) is 57.7 Å². The maximum atomic E-state index is 10.5. The van der Waals surface area contributed by atoms with E-state index >= 15 is 0 Å². The third kappa shape index (κ3) is 15.6. The van der Waals surface area contributed by atoms with Gasteiger partial charge in [0.25, 0.3) is 0 Å². The number of carbonyl (C=O) groups is 3. The van der Waals surface area contributed by atoms with Crippen molar-refractivity contribution in [1.82, 2.24) is 29.3 Å². The lowest BCUT2D eigenvalue weighted by Crippen LogP contribution is -2.22. The summed E-state index contributed by atoms with van der Waals surface area (Å²) in [7, 11) is 4.83. The van der Waals surface area contributed by atoms with Crippen LogP contribution >= 0.6 is 0 Å². The van der Waals surface area contributed by atoms with Crippen LogP contribution in [0.5, 0.6) is 17.2 Å². The Bertz CT molecular complexity index is 2320. The number of hydrogen-bond donors (Lipinski definition) is 6. The van der Waals surface area contributed by atoms with E-state index in [1.807, 2.05) is 72.8 Å². The van der Waals surface area contributed by atoms with Crippen molar-refractivity contribution in [2.75, 3.05) is 21.3 Å². The molecule has 0 spiro atoms. The summed E-state index contributed by atoms with van der Waals surface area (Å²) in [6.07, 6.45) is 1.56. The number of aliphatic carboxylic acids is 3. The number of aryl methyl sites for hydroxylation is 3. The first-order valence-electron chi connectivity index (χ1n) is 19.8. The molecule has 0 saturated heterocycles. The lowest BCUT2D eigenvalue weighted by atomic mass is 10.1. The monoisotopic (exact) mass is 861 g/mol. The maximum Gasteiger partial charge on any atom is 0.303 e. The van der Waals surface area contributed by atoms with Gasteiger partial charge in [-0.25, -0.2) is 14.0 Å². The molecule has 0 unspecified atom stereocenters. The van der Waals surface area contributed by atoms with Crippen molar-refractivity contribution in [1.29, 1.82) is 16.2 Å². The van der Waals surface area contributed by atoms with Gasteiger partial charge in [0.1, 0.15) is 33.7 Å². The number of ether oxygens (including phenoxy) is 3. The van der Waals surface area contributed by atoms with Gasteiger partial charge in [0.05, 0.1) is 38.4 Å². The number of nitrogens with zero attached hydrogens (tertiary/aromatic N) is 6. The number of aromatic nitrogens is 6. The number of nitrogens with one attached hydrogen (secondary N) is 3. The molecule has 0 aliphatic rings. The number of rotatable bonds is 18. The molecule has 18 nitrogen and oxygen atoms in total. The molecule has 330 valence electrons. The lowest BCUT2D eigenvalue weighted by Gasteiger charge is -2.08. The molecule has 3 aromatic heterocycles. The third-order valence-corrected chi connectivity index (χ3v) is 9.16. The van der Waals surface area contributed by atoms with Crippen molar-refractivity contribution in [3.63, 3.8) is 0 Å². The fraction of sp³-hybridized carbons (Fsp3) is 0.267. The van der Waals surface area contributed by atoms with Gasteiger partial charge in [0, 0.05) is 55.6 Å². The Morgan fingerprint density at radius 3 is 0.873 bits per heavy atom. The van der Waals surface area contributed by atoms with Gasteiger partial charge >= 0.3 is 17.9 Å². The van der Waals surface area contributed by atoms with Gasteiger partial charge in [-0.3, -0.25) is 30.6 Å². The second-order valence-electron chi connectivity index (χ2n) is 13.7. The molecule has 18 heteroatoms. The SMILES string of the molecule is COc1ccc(-c2ccc(=N)n(CCCC(=O)O)n2)cc1.COc1ccc(-c2ccc(=N)n(CCCC(=O)O)n2)cc1.COc1ccc(-c2ccc(=N)n(CCCC(=O)O)n2)cc1. The summed E-state index contributed by atoms with van der Waals surface area (Å²) in [5.74, 6) is -0.212. The summed E-state index contributed by atoms with van der Waals surface area (Å²) in [6, 6.07) is 32.8. The van der Waals surface area contributed by atoms with Crippen LogP contribution in [0, 0.1) is 16.2 Å². The van der Waals surface area contributed by atoms with Crippen LogP contribution in [0.1, 0.15) is 38.5 Å². The highest BCUT2D eigenvalue weighted by molar-refractivity contribution is 5.67. The Morgan fingerprint density at radius 1 is 0.429 bits per heavy atom. The normalized spacial score (nSPS) is 10.3. The highest BCUT2D eigenvalue weighted by atomic mass is 16.5. The summed E-state index contributed by atoms with van der Waals surface area (Å²) in [5, 5.41) is 62.6. The molecule has 6 rings (SSSR count). The van der Waals surface area contributed by atoms with Crippen molar-refractivity contribution < 1.29 is 43.9 Å². The van der Waals surface area contributed by atoms with Crippen LogP contribution in [-0.2, 0) is 34.0 Å². The van der Waals surface area contributed by atoms with Gasteiger partial charge in [0.15, 0.2) is 0 Å². The maximum absolute atomic E-state index is 10.5. The fourth-order valence-corrected chi connectivity index (χ4v) is 5.78. The Hall–Kier alpha value is -7.89. The lowest BCUT2D eigenvalue weighted by molar-refractivity contribution is -0.138. The van der Waals surface area contributed by atoms with E-state index < -0.39 is 17.9 Å². The van der Waals surface area contributed by atoms with Crippen LogP contribution in [0.3, 0.4) is 0 Å². The van der Waals surface area contributed by atoms with E-state index in [0.29, 0.717) is 38.9 Å². The predicted molar refractivity (Wildman–Crippen MR) is 231 cm³/mol. The third-order valence-electron chi connectivity index (χ3n) is 9.16. The number of benzene rings is 3. The summed E-state index contributed by atoms with van der Waals surface area (Å²) >= 11 is 0. The number of methoxy groups -OCH3 is 3. The molecule has 0 bridgehead atoms. The molecule has 63 heavy (non-hydrogen) atoms. The smallest absolute Gasteiger partial charge is 0.303 e. The Balaban J connectivity index is 0.000000207. The molecule has 3 heterocycles. The topological polar surface area (TPSA) is 265 Å². The second kappa shape index (κ2) is 24.4. The van der Waals surface area contributed by atoms with Gasteiger partial charge in [-0.05, 0) is 128 Å². The van der Waals surface area contributed by atoms with Crippen LogP contribution in [0.25, 0.3) is 33.8 Å². The molecular formula is C45H51N9O9. The van der Waals surface area contributed by atoms with Gasteiger partial charge in [-0.15, -0.1) is 0 Å². The van der Waals surface area contributed by atoms with E-state index in [1.165, 1.54) is 14.0 Å². The van der Waals surface area contributed by atoms with Gasteiger partial charge in [-0.1, -0.05) is 0 Å². The van der Waals surface area contributed by atoms with Crippen LogP contribution < -0.4 is 30.7 Å². The van der Waals surface area contributed by atoms with E-state index in [9.17, 15) is 14.4 Å². The molecule has 0 radical (unpaired) electrons. The molecule has 0 aliphatic carbocycles. The zero-order valence-corrected chi connectivity index (χ0v) is 35.2. The minimum atomic E-state index is -0.839. The molecule has 0 atom stereocenters. The number of carboxylic acid groups (broad SMARTS) is 3. The second-order valence-corrected chi connectivity index (χ2v) is 13.7. The van der Waals surface area contributed by atoms with Crippen LogP contribution in [0.2, 0.25) is 0 Å². The molecule has 0 saturated carbocycles. The first-order valence-corrected chi connectivity index (χ1v) is 19.8. The molecule has 0 aliphatic heterocycles. The quantitative estimate of drug-likeness (QED) is 0.0607. The van der Waals surface area contributed by atoms with Crippen molar-refractivity contribution in [2.45, 2.75) is 58.2 Å². The summed E-state index contributed by atoms with van der Waals surface area (Å²) in [6.45, 7) is 1.24. The predicted octanol–water partition coefficient (Wildman–Crippen LogP) is 5.71. The van der Waals surface area contributed by atoms with Crippen molar-refractivity contribution in [3.8, 4) is 51.0 Å². The van der Waals surface area contributed by atoms with Gasteiger partial charge in [-0.2, -0.15) is 15.3 Å². The molecule has 3 aromatic carbocycles. The fourth-order valence-electron chi connectivity index (χ4n) is 5.78. The van der Waals surface area contributed by atoms with E-state index in [-0.39, 0.29) is 35.7 Å². The van der Waals surface area contributed by atoms with E-state index in [0.717, 1.165) is 51.0 Å². The number of hydrogen-bond acceptors (Lipinski definition) is 12. The standard InChI is InChI=1S/3C15H17N3O3/c3*1-21-12-6-4-11(5-7-12)13-8-9-14(16)18(17-13)10-2-3-15(19)20/h3*4-9,16H,2-3,10H2,1H3,(H,19,20). The number of carboxylic acids is 3. The molecule has 0 amide bonds. The van der Waals surface area contributed by atoms with Crippen LogP contribution in [0.15, 0.2) is 109 Å². The largest absolute Gasteiger partial charge is 0.497 e. The van der Waals surface area contributed by atoms with Gasteiger partial charge < -0.3 is 29.5 Å². The van der Waals surface area contributed by atoms with Crippen molar-refractivity contribution in [2.24, 2.45) is 0 Å². The first-order chi connectivity index (χ1) is 30.3. The molecule has 0 fully saturated rings. The first kappa shape index (κ1) is 47.8. The van der Waals surface area contributed by atoms with Gasteiger partial charge in [0.2, 0.25) is 0 Å². The summed E-state index contributed by atoms with van der Waals surface area (Å²) in [5.41, 5.74) is 5.76. The highest BCUT2D eigenvalue weighted by Crippen LogP contribution is 2.22. The molecule has 6 aromatic rings. The van der Waals surface area contributed by atoms with Crippen molar-refractivity contribution in [3.05, 3.63) is 126 Å². The van der Waals surface area contributed by atoms with E-state index in [2.05, 4.69) is 15.3 Å². The summed E-state index contributed by atoms with van der Waals surface area (Å²) in [4.78, 5) is 31.6. The van der Waals surface area contributed by atoms with E-state index in [4.69, 9.17) is 45.8 Å². The zero-order valence-electron chi connectivity index (χ0n) is 35.2. The average molecular weight is 862 g/mol. The Kier molecular flexibility index (Phi) is 18.5.